The quantitative estimate of drug-likeness (QED) is 0.0483. The molecule has 14 nitrogen and oxygen atoms in total. The first-order valence-corrected chi connectivity index (χ1v) is 21.2. The van der Waals surface area contributed by atoms with Crippen LogP contribution in [0.2, 0.25) is 0 Å². The fourth-order valence-electron chi connectivity index (χ4n) is 5.90. The van der Waals surface area contributed by atoms with Crippen LogP contribution in [-0.4, -0.2) is 111 Å². The van der Waals surface area contributed by atoms with E-state index in [0.29, 0.717) is 19.4 Å². The average Bonchev–Trinajstić information content (AvgIpc) is 3.07. The van der Waals surface area contributed by atoms with Crippen molar-refractivity contribution in [1.29, 1.82) is 0 Å². The van der Waals surface area contributed by atoms with E-state index in [2.05, 4.69) is 12.2 Å². The topological polar surface area (TPSA) is 171 Å². The molecule has 1 amide bonds. The van der Waals surface area contributed by atoms with Gasteiger partial charge in [-0.25, -0.2) is 0 Å². The highest BCUT2D eigenvalue weighted by Crippen LogP contribution is 2.25. The predicted molar refractivity (Wildman–Crippen MR) is 215 cm³/mol. The van der Waals surface area contributed by atoms with E-state index >= 15 is 0 Å². The second-order valence-corrected chi connectivity index (χ2v) is 17.7. The molecule has 0 saturated carbocycles. The third-order valence-corrected chi connectivity index (χ3v) is 8.46. The van der Waals surface area contributed by atoms with Gasteiger partial charge in [0.1, 0.15) is 41.2 Å². The lowest BCUT2D eigenvalue weighted by Crippen LogP contribution is -2.59. The Morgan fingerprint density at radius 2 is 0.965 bits per heavy atom. The van der Waals surface area contributed by atoms with Crippen LogP contribution in [-0.2, 0) is 61.9 Å². The molecular formula is C43H77NO13. The van der Waals surface area contributed by atoms with Crippen molar-refractivity contribution in [3.63, 3.8) is 0 Å². The molecule has 57 heavy (non-hydrogen) atoms. The lowest BCUT2D eigenvalue weighted by molar-refractivity contribution is -0.230. The van der Waals surface area contributed by atoms with Crippen LogP contribution in [0.15, 0.2) is 0 Å². The van der Waals surface area contributed by atoms with Crippen molar-refractivity contribution in [2.24, 2.45) is 0 Å². The van der Waals surface area contributed by atoms with Gasteiger partial charge in [0.05, 0.1) is 52.3 Å². The molecule has 0 radical (unpaired) electrons. The minimum absolute atomic E-state index is 0.000689. The Morgan fingerprint density at radius 3 is 1.44 bits per heavy atom. The molecule has 0 aliphatic carbocycles. The minimum atomic E-state index is -0.807. The number of hydrogen-bond donors (Lipinski definition) is 1. The summed E-state index contributed by atoms with van der Waals surface area (Å²) in [5.41, 5.74) is -1.97. The summed E-state index contributed by atoms with van der Waals surface area (Å²) in [5, 5.41) is 2.97. The first kappa shape index (κ1) is 52.2. The molecule has 1 rings (SSSR count). The zero-order valence-corrected chi connectivity index (χ0v) is 37.0. The summed E-state index contributed by atoms with van der Waals surface area (Å²) in [6.07, 6.45) is 7.59. The smallest absolute Gasteiger partial charge is 0.308 e. The van der Waals surface area contributed by atoms with Crippen LogP contribution in [0.1, 0.15) is 166 Å². The summed E-state index contributed by atoms with van der Waals surface area (Å²) < 4.78 is 46.4. The Kier molecular flexibility index (Phi) is 25.5. The maximum atomic E-state index is 12.9. The maximum Gasteiger partial charge on any atom is 0.308 e. The number of amides is 1. The zero-order valence-electron chi connectivity index (χ0n) is 37.0. The fourth-order valence-corrected chi connectivity index (χ4v) is 5.90. The second kappa shape index (κ2) is 27.8. The standard InChI is InChI=1S/C43H77NO13/c1-11-12-26-51-35(46)22-20-18-16-14-13-15-17-19-21-34(45)44-30-32-39(52-28-24-37(48)56-42(5,6)7)40(53-29-25-38(49)57-43(8,9)10)33(31-54-32)50-27-23-36(47)55-41(2,3)4/h32-33,39-40H,11-31H2,1-10H3,(H,44,45)/t32-,33+,39-,40-/m1/s1. The Morgan fingerprint density at radius 1 is 0.526 bits per heavy atom. The summed E-state index contributed by atoms with van der Waals surface area (Å²) in [6.45, 7) is 18.8. The van der Waals surface area contributed by atoms with E-state index in [9.17, 15) is 24.0 Å². The monoisotopic (exact) mass is 816 g/mol. The van der Waals surface area contributed by atoms with E-state index in [4.69, 9.17) is 37.9 Å². The van der Waals surface area contributed by atoms with Gasteiger partial charge in [-0.05, 0) is 81.6 Å². The minimum Gasteiger partial charge on any atom is -0.466 e. The molecule has 1 aliphatic heterocycles. The lowest BCUT2D eigenvalue weighted by atomic mass is 9.98. The van der Waals surface area contributed by atoms with Gasteiger partial charge in [0.25, 0.3) is 0 Å². The van der Waals surface area contributed by atoms with Gasteiger partial charge < -0.3 is 43.2 Å². The normalized spacial score (nSPS) is 18.8. The Balaban J connectivity index is 2.81. The largest absolute Gasteiger partial charge is 0.466 e. The molecule has 1 heterocycles. The molecule has 0 spiro atoms. The summed E-state index contributed by atoms with van der Waals surface area (Å²) in [4.78, 5) is 62.1. The van der Waals surface area contributed by atoms with Gasteiger partial charge >= 0.3 is 23.9 Å². The molecule has 0 aromatic rings. The van der Waals surface area contributed by atoms with Gasteiger partial charge in [0.2, 0.25) is 5.91 Å². The highest BCUT2D eigenvalue weighted by molar-refractivity contribution is 5.75. The van der Waals surface area contributed by atoms with Gasteiger partial charge in [-0.15, -0.1) is 0 Å². The van der Waals surface area contributed by atoms with Crippen molar-refractivity contribution in [2.45, 2.75) is 207 Å². The van der Waals surface area contributed by atoms with E-state index in [1.54, 1.807) is 62.3 Å². The summed E-state index contributed by atoms with van der Waals surface area (Å²) in [6, 6.07) is 0. The molecule has 0 aromatic carbocycles. The number of carbonyl (C=O) groups is 5. The molecule has 1 N–H and O–H groups in total. The van der Waals surface area contributed by atoms with E-state index in [0.717, 1.165) is 64.2 Å². The van der Waals surface area contributed by atoms with Crippen LogP contribution in [0.25, 0.3) is 0 Å². The van der Waals surface area contributed by atoms with Crippen LogP contribution >= 0.6 is 0 Å². The number of unbranched alkanes of at least 4 members (excludes halogenated alkanes) is 8. The van der Waals surface area contributed by atoms with Gasteiger partial charge in [-0.1, -0.05) is 51.9 Å². The molecule has 1 saturated heterocycles. The Hall–Kier alpha value is -2.81. The summed E-state index contributed by atoms with van der Waals surface area (Å²) >= 11 is 0. The van der Waals surface area contributed by atoms with Crippen molar-refractivity contribution >= 4 is 29.8 Å². The van der Waals surface area contributed by atoms with Gasteiger partial charge in [0, 0.05) is 19.4 Å². The number of nitrogens with one attached hydrogen (secondary N) is 1. The molecule has 1 aliphatic rings. The van der Waals surface area contributed by atoms with E-state index in [1.165, 1.54) is 0 Å². The highest BCUT2D eigenvalue weighted by Gasteiger charge is 2.43. The van der Waals surface area contributed by atoms with Crippen molar-refractivity contribution in [3.05, 3.63) is 0 Å². The summed E-state index contributed by atoms with van der Waals surface area (Å²) in [7, 11) is 0. The molecule has 0 aromatic heterocycles. The van der Waals surface area contributed by atoms with Crippen LogP contribution < -0.4 is 5.32 Å². The molecule has 332 valence electrons. The van der Waals surface area contributed by atoms with E-state index < -0.39 is 59.1 Å². The lowest BCUT2D eigenvalue weighted by Gasteiger charge is -2.42. The average molecular weight is 816 g/mol. The third kappa shape index (κ3) is 28.3. The van der Waals surface area contributed by atoms with Crippen molar-refractivity contribution < 1.29 is 61.9 Å². The molecular weight excluding hydrogens is 738 g/mol. The van der Waals surface area contributed by atoms with Crippen LogP contribution in [0.5, 0.6) is 0 Å². The second-order valence-electron chi connectivity index (χ2n) is 17.7. The summed E-state index contributed by atoms with van der Waals surface area (Å²) in [5.74, 6) is -1.50. The highest BCUT2D eigenvalue weighted by atomic mass is 16.6. The molecule has 4 atom stereocenters. The predicted octanol–water partition coefficient (Wildman–Crippen LogP) is 7.10. The van der Waals surface area contributed by atoms with E-state index in [-0.39, 0.29) is 64.1 Å². The number of rotatable bonds is 28. The van der Waals surface area contributed by atoms with Gasteiger partial charge in [0.15, 0.2) is 0 Å². The third-order valence-electron chi connectivity index (χ3n) is 8.46. The van der Waals surface area contributed by atoms with Crippen molar-refractivity contribution in [2.75, 3.05) is 39.6 Å². The maximum absolute atomic E-state index is 12.9. The van der Waals surface area contributed by atoms with Crippen molar-refractivity contribution in [1.82, 2.24) is 5.32 Å². The number of carbonyl (C=O) groups excluding carboxylic acids is 5. The fraction of sp³-hybridized carbons (Fsp3) is 0.884. The first-order valence-electron chi connectivity index (χ1n) is 21.2. The van der Waals surface area contributed by atoms with E-state index in [1.807, 2.05) is 0 Å². The molecule has 0 bridgehead atoms. The van der Waals surface area contributed by atoms with Crippen LogP contribution in [0.3, 0.4) is 0 Å². The first-order chi connectivity index (χ1) is 26.7. The number of ether oxygens (including phenoxy) is 8. The Bertz CT molecular complexity index is 1170. The zero-order chi connectivity index (χ0) is 42.9. The van der Waals surface area contributed by atoms with Gasteiger partial charge in [-0.2, -0.15) is 0 Å². The van der Waals surface area contributed by atoms with Crippen LogP contribution in [0, 0.1) is 0 Å². The van der Waals surface area contributed by atoms with Crippen LogP contribution in [0.4, 0.5) is 0 Å². The molecule has 1 fully saturated rings. The SMILES string of the molecule is CCCCOC(=O)CCCCCCCCCCC(=O)NC[C@H]1OC[C@H](OCCC(=O)OC(C)(C)C)[C@@H](OCCC(=O)OC(C)(C)C)[C@@H]1OCCC(=O)OC(C)(C)C. The van der Waals surface area contributed by atoms with Crippen molar-refractivity contribution in [3.8, 4) is 0 Å². The van der Waals surface area contributed by atoms with Gasteiger partial charge in [-0.3, -0.25) is 24.0 Å². The molecule has 0 unspecified atom stereocenters. The molecule has 14 heteroatoms. The Labute approximate surface area is 342 Å². The number of esters is 4. The number of hydrogen-bond acceptors (Lipinski definition) is 13.